The molecule has 1 aromatic carbocycles. The molecule has 142 valence electrons. The summed E-state index contributed by atoms with van der Waals surface area (Å²) in [7, 11) is 0. The molecule has 2 aromatic heterocycles. The Kier molecular flexibility index (Phi) is 5.49. The fraction of sp³-hybridized carbons (Fsp3) is 0.364. The first-order valence-corrected chi connectivity index (χ1v) is 9.32. The molecule has 0 atom stereocenters. The number of nitrogens with one attached hydrogen (secondary N) is 1. The average Bonchev–Trinajstić information content (AvgIpc) is 2.96. The highest BCUT2D eigenvalue weighted by Crippen LogP contribution is 2.29. The maximum Gasteiger partial charge on any atom is 0.226 e. The van der Waals surface area contributed by atoms with E-state index in [1.165, 1.54) is 5.56 Å². The molecule has 0 aliphatic heterocycles. The second kappa shape index (κ2) is 7.82. The molecule has 27 heavy (non-hydrogen) atoms. The summed E-state index contributed by atoms with van der Waals surface area (Å²) in [6, 6.07) is 14.2. The van der Waals surface area contributed by atoms with Gasteiger partial charge in [0, 0.05) is 25.2 Å². The summed E-state index contributed by atoms with van der Waals surface area (Å²) in [5, 5.41) is 2.92. The largest absolute Gasteiger partial charge is 0.490 e. The molecule has 0 unspecified atom stereocenters. The molecule has 5 heteroatoms. The van der Waals surface area contributed by atoms with Gasteiger partial charge in [0.1, 0.15) is 0 Å². The lowest BCUT2D eigenvalue weighted by Gasteiger charge is -2.18. The number of anilines is 1. The van der Waals surface area contributed by atoms with E-state index in [-0.39, 0.29) is 11.3 Å². The Balaban J connectivity index is 1.91. The topological polar surface area (TPSA) is 56.1 Å². The minimum Gasteiger partial charge on any atom is -0.490 e. The van der Waals surface area contributed by atoms with Gasteiger partial charge in [-0.3, -0.25) is 4.79 Å². The van der Waals surface area contributed by atoms with Crippen molar-refractivity contribution in [2.24, 2.45) is 5.41 Å². The van der Waals surface area contributed by atoms with E-state index in [0.29, 0.717) is 24.6 Å². The number of benzene rings is 1. The van der Waals surface area contributed by atoms with Crippen LogP contribution in [-0.2, 0) is 11.3 Å². The van der Waals surface area contributed by atoms with E-state index in [0.717, 1.165) is 17.6 Å². The van der Waals surface area contributed by atoms with E-state index in [4.69, 9.17) is 4.74 Å². The summed E-state index contributed by atoms with van der Waals surface area (Å²) in [5.41, 5.74) is 2.95. The molecule has 1 N–H and O–H groups in total. The second-order valence-corrected chi connectivity index (χ2v) is 7.89. The first-order valence-electron chi connectivity index (χ1n) is 9.32. The molecule has 5 nitrogen and oxygen atoms in total. The number of hydrogen-bond donors (Lipinski definition) is 1. The highest BCUT2D eigenvalue weighted by molar-refractivity contribution is 5.93. The van der Waals surface area contributed by atoms with Crippen LogP contribution < -0.4 is 10.1 Å². The number of fused-ring (bicyclic) bond motifs is 1. The summed E-state index contributed by atoms with van der Waals surface area (Å²) >= 11 is 0. The fourth-order valence-electron chi connectivity index (χ4n) is 3.02. The van der Waals surface area contributed by atoms with Gasteiger partial charge in [0.2, 0.25) is 5.91 Å². The van der Waals surface area contributed by atoms with Crippen molar-refractivity contribution in [1.29, 1.82) is 0 Å². The van der Waals surface area contributed by atoms with Crippen molar-refractivity contribution >= 4 is 22.8 Å². The monoisotopic (exact) mass is 365 g/mol. The number of nitrogens with zero attached hydrogens (tertiary/aromatic N) is 2. The molecule has 0 radical (unpaired) electrons. The van der Waals surface area contributed by atoms with Gasteiger partial charge >= 0.3 is 0 Å². The summed E-state index contributed by atoms with van der Waals surface area (Å²) < 4.78 is 7.90. The van der Waals surface area contributed by atoms with Gasteiger partial charge in [0.15, 0.2) is 11.6 Å². The second-order valence-electron chi connectivity index (χ2n) is 7.89. The molecular formula is C22H27N3O2. The van der Waals surface area contributed by atoms with Gasteiger partial charge < -0.3 is 14.6 Å². The summed E-state index contributed by atoms with van der Waals surface area (Å²) in [5.74, 6) is 1.02. The molecule has 0 bridgehead atoms. The van der Waals surface area contributed by atoms with Gasteiger partial charge in [-0.05, 0) is 24.0 Å². The molecule has 0 aliphatic carbocycles. The van der Waals surface area contributed by atoms with Crippen LogP contribution in [0.3, 0.4) is 0 Å². The van der Waals surface area contributed by atoms with Crippen LogP contribution in [0.15, 0.2) is 48.7 Å². The van der Waals surface area contributed by atoms with Gasteiger partial charge in [-0.1, -0.05) is 51.1 Å². The third-order valence-electron chi connectivity index (χ3n) is 4.16. The van der Waals surface area contributed by atoms with Crippen molar-refractivity contribution in [2.75, 3.05) is 11.9 Å². The SMILES string of the molecule is CCOc1cc2c(ccn2Cc2ccccc2)nc1NC(=O)CC(C)(C)C. The number of hydrogen-bond acceptors (Lipinski definition) is 3. The number of ether oxygens (including phenoxy) is 1. The molecule has 3 aromatic rings. The zero-order valence-corrected chi connectivity index (χ0v) is 16.5. The van der Waals surface area contributed by atoms with Crippen LogP contribution in [0.2, 0.25) is 0 Å². The van der Waals surface area contributed by atoms with Crippen LogP contribution in [0.4, 0.5) is 5.82 Å². The van der Waals surface area contributed by atoms with E-state index in [9.17, 15) is 4.79 Å². The van der Waals surface area contributed by atoms with Crippen LogP contribution in [0.1, 0.15) is 39.7 Å². The van der Waals surface area contributed by atoms with Crippen molar-refractivity contribution in [3.8, 4) is 5.75 Å². The summed E-state index contributed by atoms with van der Waals surface area (Å²) in [6.07, 6.45) is 2.44. The molecule has 2 heterocycles. The molecule has 0 saturated heterocycles. The Morgan fingerprint density at radius 2 is 1.93 bits per heavy atom. The summed E-state index contributed by atoms with van der Waals surface area (Å²) in [4.78, 5) is 17.0. The molecule has 3 rings (SSSR count). The van der Waals surface area contributed by atoms with Crippen LogP contribution >= 0.6 is 0 Å². The predicted octanol–water partition coefficient (Wildman–Crippen LogP) is 4.86. The highest BCUT2D eigenvalue weighted by atomic mass is 16.5. The lowest BCUT2D eigenvalue weighted by Crippen LogP contribution is -2.20. The Labute approximate surface area is 160 Å². The smallest absolute Gasteiger partial charge is 0.226 e. The number of pyridine rings is 1. The normalized spacial score (nSPS) is 11.6. The van der Waals surface area contributed by atoms with Crippen LogP contribution in [-0.4, -0.2) is 22.1 Å². The van der Waals surface area contributed by atoms with Gasteiger partial charge in [-0.25, -0.2) is 4.98 Å². The van der Waals surface area contributed by atoms with Crippen molar-refractivity contribution < 1.29 is 9.53 Å². The first kappa shape index (κ1) is 19.0. The van der Waals surface area contributed by atoms with Crippen molar-refractivity contribution in [3.05, 3.63) is 54.2 Å². The number of carbonyl (C=O) groups is 1. The first-order chi connectivity index (χ1) is 12.9. The van der Waals surface area contributed by atoms with Crippen molar-refractivity contribution in [2.45, 2.75) is 40.7 Å². The Hall–Kier alpha value is -2.82. The van der Waals surface area contributed by atoms with E-state index in [1.54, 1.807) is 0 Å². The minimum absolute atomic E-state index is 0.0565. The standard InChI is InChI=1S/C22H27N3O2/c1-5-27-19-13-18-17(23-21(19)24-20(26)14-22(2,3)4)11-12-25(18)15-16-9-7-6-8-10-16/h6-13H,5,14-15H2,1-4H3,(H,23,24,26). The van der Waals surface area contributed by atoms with Crippen LogP contribution in [0.25, 0.3) is 11.0 Å². The Morgan fingerprint density at radius 3 is 2.59 bits per heavy atom. The molecule has 0 saturated carbocycles. The van der Waals surface area contributed by atoms with Gasteiger partial charge in [0.05, 0.1) is 17.6 Å². The zero-order chi connectivity index (χ0) is 19.4. The Bertz CT molecular complexity index is 924. The minimum atomic E-state index is -0.0844. The van der Waals surface area contributed by atoms with E-state index < -0.39 is 0 Å². The van der Waals surface area contributed by atoms with Crippen LogP contribution in [0, 0.1) is 5.41 Å². The fourth-order valence-corrected chi connectivity index (χ4v) is 3.02. The molecule has 1 amide bonds. The quantitative estimate of drug-likeness (QED) is 0.679. The number of amides is 1. The number of aromatic nitrogens is 2. The molecule has 0 fully saturated rings. The van der Waals surface area contributed by atoms with Gasteiger partial charge in [-0.15, -0.1) is 0 Å². The maximum atomic E-state index is 12.4. The lowest BCUT2D eigenvalue weighted by atomic mass is 9.92. The lowest BCUT2D eigenvalue weighted by molar-refractivity contribution is -0.117. The molecule has 0 spiro atoms. The van der Waals surface area contributed by atoms with Crippen molar-refractivity contribution in [3.63, 3.8) is 0 Å². The maximum absolute atomic E-state index is 12.4. The molecular weight excluding hydrogens is 338 g/mol. The number of carbonyl (C=O) groups excluding carboxylic acids is 1. The predicted molar refractivity (Wildman–Crippen MR) is 109 cm³/mol. The van der Waals surface area contributed by atoms with Crippen molar-refractivity contribution in [1.82, 2.24) is 9.55 Å². The average molecular weight is 365 g/mol. The van der Waals surface area contributed by atoms with E-state index in [2.05, 4.69) is 27.0 Å². The molecule has 0 aliphatic rings. The van der Waals surface area contributed by atoms with Crippen LogP contribution in [0.5, 0.6) is 5.75 Å². The third kappa shape index (κ3) is 4.88. The van der Waals surface area contributed by atoms with Gasteiger partial charge in [-0.2, -0.15) is 0 Å². The van der Waals surface area contributed by atoms with E-state index >= 15 is 0 Å². The summed E-state index contributed by atoms with van der Waals surface area (Å²) in [6.45, 7) is 9.30. The Morgan fingerprint density at radius 1 is 1.19 bits per heavy atom. The highest BCUT2D eigenvalue weighted by Gasteiger charge is 2.19. The van der Waals surface area contributed by atoms with Gasteiger partial charge in [0.25, 0.3) is 0 Å². The number of rotatable bonds is 6. The zero-order valence-electron chi connectivity index (χ0n) is 16.5. The van der Waals surface area contributed by atoms with E-state index in [1.807, 2.05) is 64.2 Å². The third-order valence-corrected chi connectivity index (χ3v) is 4.16.